The average Bonchev–Trinajstić information content (AvgIpc) is 3.13. The first kappa shape index (κ1) is 22.5. The number of carbonyl (C=O) groups excluding carboxylic acids is 1. The Bertz CT molecular complexity index is 1400. The summed E-state index contributed by atoms with van der Waals surface area (Å²) >= 11 is 7.96. The molecule has 8 heteroatoms. The lowest BCUT2D eigenvalue weighted by Crippen LogP contribution is -2.36. The Labute approximate surface area is 196 Å². The van der Waals surface area contributed by atoms with E-state index in [-0.39, 0.29) is 34.4 Å². The first-order chi connectivity index (χ1) is 15.2. The second-order valence-corrected chi connectivity index (χ2v) is 11.0. The molecule has 4 aromatic rings. The third-order valence-electron chi connectivity index (χ3n) is 4.98. The first-order valence-electron chi connectivity index (χ1n) is 9.96. The average molecular weight is 485 g/mol. The fourth-order valence-corrected chi connectivity index (χ4v) is 6.03. The third-order valence-corrected chi connectivity index (χ3v) is 8.03. The van der Waals surface area contributed by atoms with Crippen LogP contribution in [-0.4, -0.2) is 25.7 Å². The van der Waals surface area contributed by atoms with Crippen molar-refractivity contribution in [1.29, 1.82) is 0 Å². The Balaban J connectivity index is 1.68. The van der Waals surface area contributed by atoms with Crippen molar-refractivity contribution >= 4 is 54.6 Å². The first-order valence-corrected chi connectivity index (χ1v) is 12.6. The molecule has 0 aliphatic heterocycles. The van der Waals surface area contributed by atoms with Crippen LogP contribution in [0.3, 0.4) is 0 Å². The number of thiazole rings is 1. The number of fused-ring (bicyclic) bond motifs is 1. The predicted octanol–water partition coefficient (Wildman–Crippen LogP) is 5.57. The molecule has 0 N–H and O–H groups in total. The van der Waals surface area contributed by atoms with Crippen LogP contribution in [0.5, 0.6) is 0 Å². The fraction of sp³-hybridized carbons (Fsp3) is 0.167. The number of rotatable bonds is 7. The van der Waals surface area contributed by atoms with E-state index >= 15 is 0 Å². The number of Topliss-reactive ketones (excluding diaryl/α,β-unsaturated/α-hetero) is 1. The maximum absolute atomic E-state index is 13.5. The Morgan fingerprint density at radius 1 is 1.03 bits per heavy atom. The summed E-state index contributed by atoms with van der Waals surface area (Å²) in [5.41, 5.74) is 2.76. The second-order valence-electron chi connectivity index (χ2n) is 7.53. The molecule has 0 bridgehead atoms. The summed E-state index contributed by atoms with van der Waals surface area (Å²) in [6, 6.07) is 18.9. The van der Waals surface area contributed by atoms with Gasteiger partial charge < -0.3 is 0 Å². The molecule has 0 saturated carbocycles. The molecule has 0 atom stereocenters. The van der Waals surface area contributed by atoms with E-state index in [9.17, 15) is 13.2 Å². The maximum Gasteiger partial charge on any atom is 0.264 e. The summed E-state index contributed by atoms with van der Waals surface area (Å²) in [7, 11) is -3.99. The number of carbonyl (C=O) groups is 1. The van der Waals surface area contributed by atoms with Gasteiger partial charge in [0.2, 0.25) is 0 Å². The Hall–Kier alpha value is -2.74. The SMILES string of the molecule is Cc1ccc(Cl)c(N(CC(=O)Cc2ccc3sc(C)nc3c2)S(=O)(=O)c2ccccc2)c1. The molecule has 5 nitrogen and oxygen atoms in total. The van der Waals surface area contributed by atoms with Crippen LogP contribution in [0, 0.1) is 13.8 Å². The smallest absolute Gasteiger partial charge is 0.264 e. The number of hydrogen-bond donors (Lipinski definition) is 0. The summed E-state index contributed by atoms with van der Waals surface area (Å²) in [6.07, 6.45) is 0.0940. The number of ketones is 1. The summed E-state index contributed by atoms with van der Waals surface area (Å²) in [5.74, 6) is -0.242. The molecule has 0 fully saturated rings. The quantitative estimate of drug-likeness (QED) is 0.343. The molecule has 0 radical (unpaired) electrons. The summed E-state index contributed by atoms with van der Waals surface area (Å²) in [5, 5.41) is 1.22. The van der Waals surface area contributed by atoms with Crippen molar-refractivity contribution < 1.29 is 13.2 Å². The molecule has 1 heterocycles. The number of aromatic nitrogens is 1. The van der Waals surface area contributed by atoms with Crippen molar-refractivity contribution in [2.75, 3.05) is 10.8 Å². The minimum absolute atomic E-state index is 0.0940. The summed E-state index contributed by atoms with van der Waals surface area (Å²) < 4.78 is 29.1. The number of halogens is 1. The largest absolute Gasteiger partial charge is 0.297 e. The fourth-order valence-electron chi connectivity index (χ4n) is 3.48. The van der Waals surface area contributed by atoms with Crippen molar-refractivity contribution in [2.45, 2.75) is 25.2 Å². The number of sulfonamides is 1. The molecule has 0 spiro atoms. The molecular weight excluding hydrogens is 464 g/mol. The summed E-state index contributed by atoms with van der Waals surface area (Å²) in [6.45, 7) is 3.46. The highest BCUT2D eigenvalue weighted by atomic mass is 35.5. The maximum atomic E-state index is 13.5. The lowest BCUT2D eigenvalue weighted by atomic mass is 10.1. The van der Waals surface area contributed by atoms with Gasteiger partial charge in [-0.1, -0.05) is 41.9 Å². The zero-order valence-electron chi connectivity index (χ0n) is 17.6. The highest BCUT2D eigenvalue weighted by Gasteiger charge is 2.28. The van der Waals surface area contributed by atoms with Crippen molar-refractivity contribution in [3.05, 3.63) is 87.9 Å². The number of anilines is 1. The van der Waals surface area contributed by atoms with Crippen LogP contribution < -0.4 is 4.31 Å². The zero-order chi connectivity index (χ0) is 22.9. The van der Waals surface area contributed by atoms with Crippen LogP contribution in [0.15, 0.2) is 71.6 Å². The third kappa shape index (κ3) is 4.70. The van der Waals surface area contributed by atoms with Gasteiger partial charge in [0.25, 0.3) is 10.0 Å². The van der Waals surface area contributed by atoms with E-state index in [1.807, 2.05) is 32.0 Å². The lowest BCUT2D eigenvalue weighted by molar-refractivity contribution is -0.117. The molecule has 0 saturated heterocycles. The van der Waals surface area contributed by atoms with Crippen LogP contribution in [0.1, 0.15) is 16.1 Å². The Morgan fingerprint density at radius 2 is 1.78 bits per heavy atom. The van der Waals surface area contributed by atoms with Crippen LogP contribution in [0.4, 0.5) is 5.69 Å². The molecule has 0 amide bonds. The molecule has 4 rings (SSSR count). The van der Waals surface area contributed by atoms with Gasteiger partial charge >= 0.3 is 0 Å². The van der Waals surface area contributed by atoms with Gasteiger partial charge in [0, 0.05) is 6.42 Å². The Kier molecular flexibility index (Phi) is 6.33. The van der Waals surface area contributed by atoms with Crippen LogP contribution in [-0.2, 0) is 21.2 Å². The lowest BCUT2D eigenvalue weighted by Gasteiger charge is -2.25. The van der Waals surface area contributed by atoms with Gasteiger partial charge in [-0.05, 0) is 61.4 Å². The summed E-state index contributed by atoms with van der Waals surface area (Å²) in [4.78, 5) is 17.6. The van der Waals surface area contributed by atoms with Gasteiger partial charge in [-0.2, -0.15) is 0 Å². The van der Waals surface area contributed by atoms with Crippen LogP contribution in [0.2, 0.25) is 5.02 Å². The van der Waals surface area contributed by atoms with Gasteiger partial charge in [0.05, 0.1) is 37.4 Å². The second kappa shape index (κ2) is 9.02. The zero-order valence-corrected chi connectivity index (χ0v) is 20.0. The molecule has 3 aromatic carbocycles. The highest BCUT2D eigenvalue weighted by Crippen LogP contribution is 2.31. The van der Waals surface area contributed by atoms with Gasteiger partial charge in [-0.3, -0.25) is 9.10 Å². The van der Waals surface area contributed by atoms with Crippen molar-refractivity contribution in [3.63, 3.8) is 0 Å². The van der Waals surface area contributed by atoms with E-state index in [2.05, 4.69) is 4.98 Å². The molecule has 0 aliphatic carbocycles. The van der Waals surface area contributed by atoms with Crippen molar-refractivity contribution in [2.24, 2.45) is 0 Å². The Morgan fingerprint density at radius 3 is 2.53 bits per heavy atom. The van der Waals surface area contributed by atoms with Crippen LogP contribution in [0.25, 0.3) is 10.2 Å². The topological polar surface area (TPSA) is 67.3 Å². The highest BCUT2D eigenvalue weighted by molar-refractivity contribution is 7.92. The number of hydrogen-bond acceptors (Lipinski definition) is 5. The van der Waals surface area contributed by atoms with Gasteiger partial charge in [0.1, 0.15) is 0 Å². The minimum Gasteiger partial charge on any atom is -0.297 e. The van der Waals surface area contributed by atoms with Gasteiger partial charge in [-0.15, -0.1) is 11.3 Å². The normalized spacial score (nSPS) is 11.6. The van der Waals surface area contributed by atoms with Crippen LogP contribution >= 0.6 is 22.9 Å². The van der Waals surface area contributed by atoms with E-state index < -0.39 is 10.0 Å². The van der Waals surface area contributed by atoms with Gasteiger partial charge in [-0.25, -0.2) is 13.4 Å². The van der Waals surface area contributed by atoms with E-state index in [1.165, 1.54) is 12.1 Å². The monoisotopic (exact) mass is 484 g/mol. The molecule has 0 unspecified atom stereocenters. The molecule has 1 aromatic heterocycles. The van der Waals surface area contributed by atoms with Crippen molar-refractivity contribution in [3.8, 4) is 0 Å². The van der Waals surface area contributed by atoms with Gasteiger partial charge in [0.15, 0.2) is 5.78 Å². The van der Waals surface area contributed by atoms with E-state index in [4.69, 9.17) is 11.6 Å². The van der Waals surface area contributed by atoms with E-state index in [0.29, 0.717) is 0 Å². The number of aryl methyl sites for hydroxylation is 2. The molecule has 164 valence electrons. The van der Waals surface area contributed by atoms with E-state index in [1.54, 1.807) is 47.7 Å². The number of nitrogens with zero attached hydrogens (tertiary/aromatic N) is 2. The molecular formula is C24H21ClN2O3S2. The molecule has 0 aliphatic rings. The minimum atomic E-state index is -3.99. The molecule has 32 heavy (non-hydrogen) atoms. The van der Waals surface area contributed by atoms with Crippen molar-refractivity contribution in [1.82, 2.24) is 4.98 Å². The number of benzene rings is 3. The standard InChI is InChI=1S/C24H21ClN2O3S2/c1-16-8-10-21(25)23(12-16)27(32(29,30)20-6-4-3-5-7-20)15-19(28)13-18-9-11-24-22(14-18)26-17(2)31-24/h3-12,14H,13,15H2,1-2H3. The van der Waals surface area contributed by atoms with E-state index in [0.717, 1.165) is 30.7 Å². The predicted molar refractivity (Wildman–Crippen MR) is 130 cm³/mol.